The molecule has 2 heterocycles. The van der Waals surface area contributed by atoms with Crippen molar-refractivity contribution < 1.29 is 0 Å². The van der Waals surface area contributed by atoms with Crippen LogP contribution in [-0.4, -0.2) is 48.1 Å². The van der Waals surface area contributed by atoms with Crippen LogP contribution in [0.2, 0.25) is 0 Å². The van der Waals surface area contributed by atoms with E-state index in [1.54, 1.807) is 0 Å². The maximum Gasteiger partial charge on any atom is 0.0223 e. The number of hydrogen-bond acceptors (Lipinski definition) is 2. The van der Waals surface area contributed by atoms with E-state index in [0.717, 1.165) is 18.0 Å². The maximum absolute atomic E-state index is 2.85. The molecule has 3 fully saturated rings. The van der Waals surface area contributed by atoms with Gasteiger partial charge in [-0.05, 0) is 57.7 Å². The molecule has 0 aromatic heterocycles. The molecule has 0 aromatic carbocycles. The first-order valence-electron chi connectivity index (χ1n) is 7.82. The van der Waals surface area contributed by atoms with E-state index in [9.17, 15) is 0 Å². The lowest BCUT2D eigenvalue weighted by Gasteiger charge is -2.37. The predicted octanol–water partition coefficient (Wildman–Crippen LogP) is 2.74. The number of piperidine rings is 1. The van der Waals surface area contributed by atoms with Gasteiger partial charge in [0.2, 0.25) is 0 Å². The zero-order valence-corrected chi connectivity index (χ0v) is 11.4. The SMILES string of the molecule is CC1CCCC1N1CCCN2CCCCC2C1. The molecule has 2 aliphatic heterocycles. The first-order valence-corrected chi connectivity index (χ1v) is 7.82. The predicted molar refractivity (Wildman–Crippen MR) is 72.2 cm³/mol. The summed E-state index contributed by atoms with van der Waals surface area (Å²) in [4.78, 5) is 5.64. The highest BCUT2D eigenvalue weighted by molar-refractivity contribution is 4.89. The van der Waals surface area contributed by atoms with Crippen LogP contribution in [-0.2, 0) is 0 Å². The number of rotatable bonds is 1. The molecular weight excluding hydrogens is 208 g/mol. The van der Waals surface area contributed by atoms with Gasteiger partial charge < -0.3 is 0 Å². The average molecular weight is 236 g/mol. The molecule has 0 bridgehead atoms. The Kier molecular flexibility index (Phi) is 3.72. The van der Waals surface area contributed by atoms with Gasteiger partial charge in [-0.15, -0.1) is 0 Å². The quantitative estimate of drug-likeness (QED) is 0.691. The average Bonchev–Trinajstić information content (AvgIpc) is 2.65. The third-order valence-corrected chi connectivity index (χ3v) is 5.37. The maximum atomic E-state index is 2.85. The fourth-order valence-electron chi connectivity index (χ4n) is 4.37. The van der Waals surface area contributed by atoms with Crippen molar-refractivity contribution in [2.45, 2.75) is 64.0 Å². The molecule has 0 amide bonds. The minimum Gasteiger partial charge on any atom is -0.299 e. The van der Waals surface area contributed by atoms with Gasteiger partial charge in [0.05, 0.1) is 0 Å². The highest BCUT2D eigenvalue weighted by Crippen LogP contribution is 2.32. The Bertz CT molecular complexity index is 253. The van der Waals surface area contributed by atoms with E-state index in [0.29, 0.717) is 0 Å². The topological polar surface area (TPSA) is 6.48 Å². The van der Waals surface area contributed by atoms with Crippen LogP contribution in [0.25, 0.3) is 0 Å². The van der Waals surface area contributed by atoms with Crippen LogP contribution in [0.4, 0.5) is 0 Å². The van der Waals surface area contributed by atoms with Gasteiger partial charge in [0, 0.05) is 18.6 Å². The molecule has 2 heteroatoms. The summed E-state index contributed by atoms with van der Waals surface area (Å²) in [5.74, 6) is 0.949. The summed E-state index contributed by atoms with van der Waals surface area (Å²) in [5.41, 5.74) is 0. The second-order valence-electron chi connectivity index (χ2n) is 6.51. The Labute approximate surface area is 106 Å². The molecule has 17 heavy (non-hydrogen) atoms. The monoisotopic (exact) mass is 236 g/mol. The van der Waals surface area contributed by atoms with Crippen molar-refractivity contribution in [3.05, 3.63) is 0 Å². The minimum absolute atomic E-state index is 0.888. The van der Waals surface area contributed by atoms with Gasteiger partial charge in [-0.25, -0.2) is 0 Å². The third-order valence-electron chi connectivity index (χ3n) is 5.37. The fraction of sp³-hybridized carbons (Fsp3) is 1.00. The van der Waals surface area contributed by atoms with Gasteiger partial charge >= 0.3 is 0 Å². The number of nitrogens with zero attached hydrogens (tertiary/aromatic N) is 2. The molecule has 0 aromatic rings. The molecule has 1 saturated carbocycles. The standard InChI is InChI=1S/C15H28N2/c1-13-6-4-8-15(13)17-11-5-10-16-9-3-2-7-14(16)12-17/h13-15H,2-12H2,1H3. The van der Waals surface area contributed by atoms with Crippen molar-refractivity contribution in [1.82, 2.24) is 9.80 Å². The molecule has 98 valence electrons. The number of fused-ring (bicyclic) bond motifs is 1. The highest BCUT2D eigenvalue weighted by Gasteiger charge is 2.33. The van der Waals surface area contributed by atoms with E-state index >= 15 is 0 Å². The zero-order chi connectivity index (χ0) is 11.7. The fourth-order valence-corrected chi connectivity index (χ4v) is 4.37. The van der Waals surface area contributed by atoms with E-state index in [1.165, 1.54) is 71.1 Å². The summed E-state index contributed by atoms with van der Waals surface area (Å²) in [6, 6.07) is 1.80. The second-order valence-corrected chi connectivity index (χ2v) is 6.51. The Morgan fingerprint density at radius 1 is 0.765 bits per heavy atom. The molecule has 0 radical (unpaired) electrons. The van der Waals surface area contributed by atoms with E-state index < -0.39 is 0 Å². The molecule has 1 aliphatic carbocycles. The van der Waals surface area contributed by atoms with Gasteiger partial charge in [-0.1, -0.05) is 19.8 Å². The Morgan fingerprint density at radius 2 is 1.59 bits per heavy atom. The van der Waals surface area contributed by atoms with E-state index in [1.807, 2.05) is 0 Å². The van der Waals surface area contributed by atoms with E-state index in [-0.39, 0.29) is 0 Å². The molecule has 2 saturated heterocycles. The lowest BCUT2D eigenvalue weighted by atomic mass is 10.00. The molecule has 0 spiro atoms. The summed E-state index contributed by atoms with van der Waals surface area (Å²) in [6.45, 7) is 7.94. The molecule has 3 atom stereocenters. The van der Waals surface area contributed by atoms with Gasteiger partial charge in [0.1, 0.15) is 0 Å². The summed E-state index contributed by atoms with van der Waals surface area (Å²) in [6.07, 6.45) is 10.2. The Morgan fingerprint density at radius 3 is 2.41 bits per heavy atom. The molecule has 3 unspecified atom stereocenters. The van der Waals surface area contributed by atoms with Crippen molar-refractivity contribution in [3.63, 3.8) is 0 Å². The van der Waals surface area contributed by atoms with E-state index in [2.05, 4.69) is 16.7 Å². The summed E-state index contributed by atoms with van der Waals surface area (Å²) >= 11 is 0. The van der Waals surface area contributed by atoms with Crippen molar-refractivity contribution in [2.24, 2.45) is 5.92 Å². The minimum atomic E-state index is 0.888. The van der Waals surface area contributed by atoms with Crippen molar-refractivity contribution in [2.75, 3.05) is 26.2 Å². The van der Waals surface area contributed by atoms with Crippen molar-refractivity contribution in [1.29, 1.82) is 0 Å². The van der Waals surface area contributed by atoms with Crippen molar-refractivity contribution in [3.8, 4) is 0 Å². The van der Waals surface area contributed by atoms with Crippen LogP contribution >= 0.6 is 0 Å². The highest BCUT2D eigenvalue weighted by atomic mass is 15.3. The lowest BCUT2D eigenvalue weighted by Crippen LogP contribution is -2.47. The van der Waals surface area contributed by atoms with Crippen LogP contribution in [0, 0.1) is 5.92 Å². The van der Waals surface area contributed by atoms with Crippen molar-refractivity contribution >= 4 is 0 Å². The van der Waals surface area contributed by atoms with Gasteiger partial charge in [-0.3, -0.25) is 9.80 Å². The third kappa shape index (κ3) is 2.53. The van der Waals surface area contributed by atoms with Crippen LogP contribution in [0.15, 0.2) is 0 Å². The summed E-state index contributed by atoms with van der Waals surface area (Å²) in [5, 5.41) is 0. The molecule has 2 nitrogen and oxygen atoms in total. The van der Waals surface area contributed by atoms with Gasteiger partial charge in [0.25, 0.3) is 0 Å². The number of hydrogen-bond donors (Lipinski definition) is 0. The lowest BCUT2D eigenvalue weighted by molar-refractivity contribution is 0.109. The van der Waals surface area contributed by atoms with Crippen LogP contribution < -0.4 is 0 Å². The second kappa shape index (κ2) is 5.27. The molecular formula is C15H28N2. The largest absolute Gasteiger partial charge is 0.299 e. The molecule has 3 rings (SSSR count). The first-order chi connectivity index (χ1) is 8.34. The molecule has 3 aliphatic rings. The normalized spacial score (nSPS) is 41.1. The van der Waals surface area contributed by atoms with Crippen LogP contribution in [0.5, 0.6) is 0 Å². The van der Waals surface area contributed by atoms with Crippen LogP contribution in [0.3, 0.4) is 0 Å². The summed E-state index contributed by atoms with van der Waals surface area (Å²) in [7, 11) is 0. The first kappa shape index (κ1) is 12.0. The Balaban J connectivity index is 1.65. The Hall–Kier alpha value is -0.0800. The van der Waals surface area contributed by atoms with Gasteiger partial charge in [0.15, 0.2) is 0 Å². The van der Waals surface area contributed by atoms with Crippen LogP contribution in [0.1, 0.15) is 51.9 Å². The smallest absolute Gasteiger partial charge is 0.0223 e. The van der Waals surface area contributed by atoms with E-state index in [4.69, 9.17) is 0 Å². The summed E-state index contributed by atoms with van der Waals surface area (Å²) < 4.78 is 0. The molecule has 0 N–H and O–H groups in total. The van der Waals surface area contributed by atoms with Gasteiger partial charge in [-0.2, -0.15) is 0 Å². The zero-order valence-electron chi connectivity index (χ0n) is 11.4.